The summed E-state index contributed by atoms with van der Waals surface area (Å²) in [6.45, 7) is 2.64. The molecule has 4 rings (SSSR count). The van der Waals surface area contributed by atoms with E-state index in [-0.39, 0.29) is 23.1 Å². The van der Waals surface area contributed by atoms with Crippen LogP contribution in [0.2, 0.25) is 0 Å². The third-order valence-electron chi connectivity index (χ3n) is 4.69. The first-order valence-corrected chi connectivity index (χ1v) is 10.4. The molecule has 0 N–H and O–H groups in total. The molecule has 0 bridgehead atoms. The van der Waals surface area contributed by atoms with Crippen molar-refractivity contribution in [2.45, 2.75) is 6.92 Å². The van der Waals surface area contributed by atoms with Crippen LogP contribution in [0, 0.1) is 0 Å². The smallest absolute Gasteiger partial charge is 0.262 e. The maximum absolute atomic E-state index is 13.3. The van der Waals surface area contributed by atoms with Crippen molar-refractivity contribution in [1.82, 2.24) is 4.90 Å². The number of amides is 1. The van der Waals surface area contributed by atoms with Gasteiger partial charge in [-0.1, -0.05) is 30.3 Å². The van der Waals surface area contributed by atoms with Gasteiger partial charge in [0.05, 0.1) is 11.3 Å². The van der Waals surface area contributed by atoms with Crippen LogP contribution in [0.25, 0.3) is 10.8 Å². The summed E-state index contributed by atoms with van der Waals surface area (Å²) >= 11 is 0. The molecule has 0 saturated heterocycles. The van der Waals surface area contributed by atoms with Gasteiger partial charge in [0.25, 0.3) is 15.9 Å². The molecule has 0 aromatic heterocycles. The zero-order chi connectivity index (χ0) is 19.0. The number of hydrogen-bond acceptors (Lipinski definition) is 4. The average Bonchev–Trinajstić information content (AvgIpc) is 2.67. The highest BCUT2D eigenvalue weighted by Gasteiger charge is 2.32. The lowest BCUT2D eigenvalue weighted by molar-refractivity contribution is -0.114. The minimum absolute atomic E-state index is 0.0511. The third kappa shape index (κ3) is 3.26. The van der Waals surface area contributed by atoms with Gasteiger partial charge in [-0.25, -0.2) is 8.42 Å². The molecule has 1 amide bonds. The van der Waals surface area contributed by atoms with Crippen LogP contribution in [0.4, 0.5) is 5.69 Å². The molecule has 2 aromatic rings. The monoisotopic (exact) mass is 381 g/mol. The zero-order valence-electron chi connectivity index (χ0n) is 14.9. The van der Waals surface area contributed by atoms with E-state index in [9.17, 15) is 13.2 Å². The second-order valence-electron chi connectivity index (χ2n) is 6.40. The number of amidine groups is 1. The van der Waals surface area contributed by atoms with Gasteiger partial charge in [-0.05, 0) is 42.0 Å². The first kappa shape index (κ1) is 17.5. The molecule has 0 saturated carbocycles. The Hall–Kier alpha value is -2.93. The van der Waals surface area contributed by atoms with E-state index in [1.807, 2.05) is 49.4 Å². The largest absolute Gasteiger partial charge is 0.331 e. The van der Waals surface area contributed by atoms with E-state index in [2.05, 4.69) is 4.40 Å². The van der Waals surface area contributed by atoms with E-state index >= 15 is 0 Å². The van der Waals surface area contributed by atoms with Crippen LogP contribution in [0.3, 0.4) is 0 Å². The average molecular weight is 381 g/mol. The van der Waals surface area contributed by atoms with Gasteiger partial charge < -0.3 is 9.80 Å². The highest BCUT2D eigenvalue weighted by molar-refractivity contribution is 7.90. The SMILES string of the molecule is CCN(C(=O)C1=CC=CN2CCS(=O)(=O)N=C12)c1ccc2ccccc2c1. The molecular formula is C20H19N3O3S. The standard InChI is InChI=1S/C20H19N3O3S/c1-2-23(17-10-9-15-6-3-4-7-16(15)14-17)20(24)18-8-5-11-22-12-13-27(25,26)21-19(18)22/h3-11,14H,2,12-13H2,1H3. The van der Waals surface area contributed by atoms with Crippen molar-refractivity contribution in [3.05, 3.63) is 66.4 Å². The van der Waals surface area contributed by atoms with Gasteiger partial charge in [-0.2, -0.15) is 0 Å². The summed E-state index contributed by atoms with van der Waals surface area (Å²) in [4.78, 5) is 16.6. The predicted molar refractivity (Wildman–Crippen MR) is 107 cm³/mol. The van der Waals surface area contributed by atoms with E-state index in [0.29, 0.717) is 13.1 Å². The Bertz CT molecular complexity index is 1120. The van der Waals surface area contributed by atoms with Crippen molar-refractivity contribution in [1.29, 1.82) is 0 Å². The molecule has 0 aliphatic carbocycles. The summed E-state index contributed by atoms with van der Waals surface area (Å²) in [7, 11) is -3.54. The Morgan fingerprint density at radius 2 is 1.96 bits per heavy atom. The number of carbonyl (C=O) groups excluding carboxylic acids is 1. The van der Waals surface area contributed by atoms with Crippen molar-refractivity contribution in [2.24, 2.45) is 4.40 Å². The number of nitrogens with zero attached hydrogens (tertiary/aromatic N) is 3. The highest BCUT2D eigenvalue weighted by atomic mass is 32.2. The van der Waals surface area contributed by atoms with Crippen LogP contribution >= 0.6 is 0 Å². The molecule has 0 radical (unpaired) electrons. The molecule has 27 heavy (non-hydrogen) atoms. The molecular weight excluding hydrogens is 362 g/mol. The Balaban J connectivity index is 1.73. The van der Waals surface area contributed by atoms with E-state index in [4.69, 9.17) is 0 Å². The minimum Gasteiger partial charge on any atom is -0.331 e. The number of rotatable bonds is 3. The zero-order valence-corrected chi connectivity index (χ0v) is 15.7. The van der Waals surface area contributed by atoms with E-state index < -0.39 is 10.0 Å². The second kappa shape index (κ2) is 6.66. The van der Waals surface area contributed by atoms with E-state index in [1.54, 1.807) is 28.2 Å². The van der Waals surface area contributed by atoms with Crippen LogP contribution in [-0.4, -0.2) is 43.9 Å². The van der Waals surface area contributed by atoms with Gasteiger partial charge in [-0.15, -0.1) is 4.40 Å². The number of likely N-dealkylation sites (N-methyl/N-ethyl adjacent to an activating group) is 1. The number of carbonyl (C=O) groups is 1. The number of hydrogen-bond donors (Lipinski definition) is 0. The lowest BCUT2D eigenvalue weighted by Crippen LogP contribution is -2.43. The van der Waals surface area contributed by atoms with Crippen molar-refractivity contribution in [3.63, 3.8) is 0 Å². The molecule has 0 unspecified atom stereocenters. The molecule has 0 fully saturated rings. The lowest BCUT2D eigenvalue weighted by atomic mass is 10.1. The number of sulfonamides is 1. The van der Waals surface area contributed by atoms with Gasteiger partial charge in [0.2, 0.25) is 0 Å². The van der Waals surface area contributed by atoms with Gasteiger partial charge >= 0.3 is 0 Å². The Morgan fingerprint density at radius 3 is 2.74 bits per heavy atom. The van der Waals surface area contributed by atoms with Crippen molar-refractivity contribution >= 4 is 38.2 Å². The molecule has 7 heteroatoms. The van der Waals surface area contributed by atoms with Crippen LogP contribution < -0.4 is 4.90 Å². The van der Waals surface area contributed by atoms with Crippen LogP contribution in [-0.2, 0) is 14.8 Å². The van der Waals surface area contributed by atoms with E-state index in [0.717, 1.165) is 16.5 Å². The molecule has 0 atom stereocenters. The molecule has 0 spiro atoms. The summed E-state index contributed by atoms with van der Waals surface area (Å²) in [5.74, 6) is -0.115. The maximum atomic E-state index is 13.3. The lowest BCUT2D eigenvalue weighted by Gasteiger charge is -2.31. The topological polar surface area (TPSA) is 70.1 Å². The Morgan fingerprint density at radius 1 is 1.19 bits per heavy atom. The highest BCUT2D eigenvalue weighted by Crippen LogP contribution is 2.25. The normalized spacial score (nSPS) is 17.9. The predicted octanol–water partition coefficient (Wildman–Crippen LogP) is 2.69. The maximum Gasteiger partial charge on any atom is 0.262 e. The summed E-state index contributed by atoms with van der Waals surface area (Å²) in [6, 6.07) is 13.8. The summed E-state index contributed by atoms with van der Waals surface area (Å²) in [5, 5.41) is 2.14. The number of fused-ring (bicyclic) bond motifs is 2. The van der Waals surface area contributed by atoms with Crippen molar-refractivity contribution < 1.29 is 13.2 Å². The molecule has 2 heterocycles. The van der Waals surface area contributed by atoms with Crippen molar-refractivity contribution in [3.8, 4) is 0 Å². The van der Waals surface area contributed by atoms with E-state index in [1.165, 1.54) is 0 Å². The minimum atomic E-state index is -3.54. The first-order chi connectivity index (χ1) is 13.0. The molecule has 2 aliphatic rings. The fourth-order valence-corrected chi connectivity index (χ4v) is 4.30. The second-order valence-corrected chi connectivity index (χ2v) is 8.15. The van der Waals surface area contributed by atoms with Crippen LogP contribution in [0.5, 0.6) is 0 Å². The third-order valence-corrected chi connectivity index (χ3v) is 5.84. The molecule has 6 nitrogen and oxygen atoms in total. The number of allylic oxidation sites excluding steroid dienone is 2. The number of benzene rings is 2. The molecule has 2 aliphatic heterocycles. The van der Waals surface area contributed by atoms with Crippen molar-refractivity contribution in [2.75, 3.05) is 23.7 Å². The van der Waals surface area contributed by atoms with Crippen LogP contribution in [0.15, 0.2) is 70.8 Å². The van der Waals surface area contributed by atoms with Gasteiger partial charge in [-0.3, -0.25) is 4.79 Å². The number of anilines is 1. The summed E-state index contributed by atoms with van der Waals surface area (Å²) in [5.41, 5.74) is 1.05. The Labute approximate surface area is 158 Å². The summed E-state index contributed by atoms with van der Waals surface area (Å²) in [6.07, 6.45) is 5.12. The quantitative estimate of drug-likeness (QED) is 0.820. The van der Waals surface area contributed by atoms with Gasteiger partial charge in [0.15, 0.2) is 5.84 Å². The fraction of sp³-hybridized carbons (Fsp3) is 0.200. The first-order valence-electron chi connectivity index (χ1n) is 8.77. The molecule has 2 aromatic carbocycles. The van der Waals surface area contributed by atoms with Gasteiger partial charge in [0, 0.05) is 25.0 Å². The summed E-state index contributed by atoms with van der Waals surface area (Å²) < 4.78 is 27.7. The van der Waals surface area contributed by atoms with Crippen LogP contribution in [0.1, 0.15) is 6.92 Å². The molecule has 138 valence electrons. The van der Waals surface area contributed by atoms with Gasteiger partial charge in [0.1, 0.15) is 0 Å². The Kier molecular flexibility index (Phi) is 4.31. The fourth-order valence-electron chi connectivity index (χ4n) is 3.32.